The maximum absolute atomic E-state index is 12.9. The highest BCUT2D eigenvalue weighted by Gasteiger charge is 2.21. The van der Waals surface area contributed by atoms with Gasteiger partial charge in [-0.2, -0.15) is 0 Å². The molecule has 0 heterocycles. The average Bonchev–Trinajstić information content (AvgIpc) is 2.83. The molecule has 158 valence electrons. The molecule has 2 amide bonds. The van der Waals surface area contributed by atoms with Crippen LogP contribution in [0.25, 0.3) is 0 Å². The molecule has 1 atom stereocenters. The van der Waals surface area contributed by atoms with Crippen LogP contribution in [-0.2, 0) is 22.5 Å². The molecule has 3 rings (SSSR count). The van der Waals surface area contributed by atoms with Crippen LogP contribution < -0.4 is 10.6 Å². The second-order valence-corrected chi connectivity index (χ2v) is 6.99. The van der Waals surface area contributed by atoms with Gasteiger partial charge < -0.3 is 15.4 Å². The van der Waals surface area contributed by atoms with E-state index in [0.29, 0.717) is 17.5 Å². The summed E-state index contributed by atoms with van der Waals surface area (Å²) in [6, 6.07) is 24.4. The van der Waals surface area contributed by atoms with Crippen molar-refractivity contribution in [3.05, 3.63) is 107 Å². The van der Waals surface area contributed by atoms with Crippen LogP contribution in [-0.4, -0.2) is 30.9 Å². The SMILES string of the molecule is COC(=O)c1ccc(CNC(=O)[C@@H](Cc2ccccc2)NC(=O)c2ccccc2)cc1. The van der Waals surface area contributed by atoms with Gasteiger partial charge in [0.05, 0.1) is 12.7 Å². The lowest BCUT2D eigenvalue weighted by molar-refractivity contribution is -0.123. The molecule has 0 spiro atoms. The number of amides is 2. The van der Waals surface area contributed by atoms with Gasteiger partial charge in [-0.15, -0.1) is 0 Å². The maximum Gasteiger partial charge on any atom is 0.337 e. The fraction of sp³-hybridized carbons (Fsp3) is 0.160. The second-order valence-electron chi connectivity index (χ2n) is 6.99. The summed E-state index contributed by atoms with van der Waals surface area (Å²) in [5, 5.41) is 5.71. The standard InChI is InChI=1S/C25H24N2O4/c1-31-25(30)21-14-12-19(13-15-21)17-26-24(29)22(16-18-8-4-2-5-9-18)27-23(28)20-10-6-3-7-11-20/h2-15,22H,16-17H2,1H3,(H,26,29)(H,27,28)/t22-/m1/s1. The lowest BCUT2D eigenvalue weighted by Crippen LogP contribution is -2.47. The van der Waals surface area contributed by atoms with Crippen molar-refractivity contribution in [2.45, 2.75) is 19.0 Å². The summed E-state index contributed by atoms with van der Waals surface area (Å²) in [5.74, 6) is -1.01. The van der Waals surface area contributed by atoms with Gasteiger partial charge in [0, 0.05) is 18.5 Å². The summed E-state index contributed by atoms with van der Waals surface area (Å²) in [6.07, 6.45) is 0.368. The molecule has 0 aliphatic carbocycles. The van der Waals surface area contributed by atoms with Crippen molar-refractivity contribution in [1.82, 2.24) is 10.6 Å². The van der Waals surface area contributed by atoms with Crippen LogP contribution in [0, 0.1) is 0 Å². The summed E-state index contributed by atoms with van der Waals surface area (Å²) in [7, 11) is 1.33. The van der Waals surface area contributed by atoms with Gasteiger partial charge in [0.2, 0.25) is 5.91 Å². The minimum absolute atomic E-state index is 0.271. The van der Waals surface area contributed by atoms with Crippen LogP contribution in [0.3, 0.4) is 0 Å². The van der Waals surface area contributed by atoms with Gasteiger partial charge >= 0.3 is 5.97 Å². The molecule has 0 bridgehead atoms. The summed E-state index contributed by atoms with van der Waals surface area (Å²) in [4.78, 5) is 37.1. The minimum Gasteiger partial charge on any atom is -0.465 e. The number of hydrogen-bond donors (Lipinski definition) is 2. The molecular weight excluding hydrogens is 392 g/mol. The minimum atomic E-state index is -0.732. The lowest BCUT2D eigenvalue weighted by Gasteiger charge is -2.19. The van der Waals surface area contributed by atoms with E-state index in [1.165, 1.54) is 7.11 Å². The van der Waals surface area contributed by atoms with E-state index in [2.05, 4.69) is 15.4 Å². The highest BCUT2D eigenvalue weighted by molar-refractivity contribution is 5.97. The largest absolute Gasteiger partial charge is 0.465 e. The molecule has 0 radical (unpaired) electrons. The third-order valence-corrected chi connectivity index (χ3v) is 4.78. The van der Waals surface area contributed by atoms with E-state index in [0.717, 1.165) is 11.1 Å². The van der Waals surface area contributed by atoms with Gasteiger partial charge in [-0.1, -0.05) is 60.7 Å². The van der Waals surface area contributed by atoms with Gasteiger partial charge in [0.15, 0.2) is 0 Å². The molecule has 0 aromatic heterocycles. The molecule has 3 aromatic carbocycles. The first-order valence-electron chi connectivity index (χ1n) is 9.91. The first kappa shape index (κ1) is 21.8. The fourth-order valence-electron chi connectivity index (χ4n) is 3.08. The molecule has 6 nitrogen and oxygen atoms in total. The fourth-order valence-corrected chi connectivity index (χ4v) is 3.08. The number of benzene rings is 3. The normalized spacial score (nSPS) is 11.3. The summed E-state index contributed by atoms with van der Waals surface area (Å²) < 4.78 is 4.69. The molecule has 0 saturated heterocycles. The average molecular weight is 416 g/mol. The third kappa shape index (κ3) is 6.27. The first-order chi connectivity index (χ1) is 15.1. The topological polar surface area (TPSA) is 84.5 Å². The quantitative estimate of drug-likeness (QED) is 0.553. The summed E-state index contributed by atoms with van der Waals surface area (Å²) >= 11 is 0. The zero-order valence-corrected chi connectivity index (χ0v) is 17.2. The second kappa shape index (κ2) is 10.7. The summed E-state index contributed by atoms with van der Waals surface area (Å²) in [6.45, 7) is 0.271. The van der Waals surface area contributed by atoms with Gasteiger partial charge in [-0.05, 0) is 35.4 Å². The van der Waals surface area contributed by atoms with Crippen molar-refractivity contribution >= 4 is 17.8 Å². The molecule has 0 unspecified atom stereocenters. The van der Waals surface area contributed by atoms with E-state index < -0.39 is 12.0 Å². The summed E-state index contributed by atoms with van der Waals surface area (Å²) in [5.41, 5.74) is 2.70. The van der Waals surface area contributed by atoms with E-state index in [9.17, 15) is 14.4 Å². The van der Waals surface area contributed by atoms with Crippen LogP contribution in [0.5, 0.6) is 0 Å². The van der Waals surface area contributed by atoms with Crippen molar-refractivity contribution < 1.29 is 19.1 Å². The molecule has 0 saturated carbocycles. The smallest absolute Gasteiger partial charge is 0.337 e. The Morgan fingerprint density at radius 3 is 2.00 bits per heavy atom. The number of rotatable bonds is 8. The highest BCUT2D eigenvalue weighted by Crippen LogP contribution is 2.08. The Bertz CT molecular complexity index is 1020. The van der Waals surface area contributed by atoms with Gasteiger partial charge in [0.25, 0.3) is 5.91 Å². The molecule has 0 aliphatic rings. The molecule has 0 fully saturated rings. The molecular formula is C25H24N2O4. The van der Waals surface area contributed by atoms with Gasteiger partial charge in [-0.3, -0.25) is 9.59 Å². The van der Waals surface area contributed by atoms with Gasteiger partial charge in [-0.25, -0.2) is 4.79 Å². The molecule has 3 aromatic rings. The Labute approximate surface area is 181 Å². The number of carbonyl (C=O) groups excluding carboxylic acids is 3. The van der Waals surface area contributed by atoms with E-state index in [1.54, 1.807) is 48.5 Å². The van der Waals surface area contributed by atoms with E-state index in [-0.39, 0.29) is 18.4 Å². The van der Waals surface area contributed by atoms with Crippen LogP contribution in [0.15, 0.2) is 84.9 Å². The number of carbonyl (C=O) groups is 3. The van der Waals surface area contributed by atoms with Crippen molar-refractivity contribution in [2.75, 3.05) is 7.11 Å². The Morgan fingerprint density at radius 2 is 1.39 bits per heavy atom. The van der Waals surface area contributed by atoms with Crippen molar-refractivity contribution in [2.24, 2.45) is 0 Å². The molecule has 0 aliphatic heterocycles. The third-order valence-electron chi connectivity index (χ3n) is 4.78. The molecule has 6 heteroatoms. The van der Waals surface area contributed by atoms with Crippen LogP contribution in [0.1, 0.15) is 31.8 Å². The predicted octanol–water partition coefficient (Wildman–Crippen LogP) is 3.13. The van der Waals surface area contributed by atoms with Crippen LogP contribution in [0.2, 0.25) is 0 Å². The predicted molar refractivity (Wildman–Crippen MR) is 117 cm³/mol. The lowest BCUT2D eigenvalue weighted by atomic mass is 10.0. The first-order valence-corrected chi connectivity index (χ1v) is 9.91. The van der Waals surface area contributed by atoms with E-state index in [4.69, 9.17) is 0 Å². The van der Waals surface area contributed by atoms with Gasteiger partial charge in [0.1, 0.15) is 6.04 Å². The number of esters is 1. The Kier molecular flexibility index (Phi) is 7.54. The number of nitrogens with one attached hydrogen (secondary N) is 2. The van der Waals surface area contributed by atoms with E-state index >= 15 is 0 Å². The zero-order chi connectivity index (χ0) is 22.1. The number of ether oxygens (including phenoxy) is 1. The van der Waals surface area contributed by atoms with Crippen molar-refractivity contribution in [3.8, 4) is 0 Å². The highest BCUT2D eigenvalue weighted by atomic mass is 16.5. The van der Waals surface area contributed by atoms with E-state index in [1.807, 2.05) is 36.4 Å². The van der Waals surface area contributed by atoms with Crippen LogP contribution >= 0.6 is 0 Å². The molecule has 31 heavy (non-hydrogen) atoms. The van der Waals surface area contributed by atoms with Crippen LogP contribution in [0.4, 0.5) is 0 Å². The van der Waals surface area contributed by atoms with Crippen molar-refractivity contribution in [1.29, 1.82) is 0 Å². The monoisotopic (exact) mass is 416 g/mol. The zero-order valence-electron chi connectivity index (χ0n) is 17.2. The molecule has 2 N–H and O–H groups in total. The number of hydrogen-bond acceptors (Lipinski definition) is 4. The maximum atomic E-state index is 12.9. The Morgan fingerprint density at radius 1 is 0.774 bits per heavy atom. The Hall–Kier alpha value is -3.93. The number of methoxy groups -OCH3 is 1. The van der Waals surface area contributed by atoms with Crippen molar-refractivity contribution in [3.63, 3.8) is 0 Å². The Balaban J connectivity index is 1.68.